The van der Waals surface area contributed by atoms with Crippen LogP contribution in [0.4, 0.5) is 20.2 Å². The Morgan fingerprint density at radius 3 is 2.73 bits per heavy atom. The summed E-state index contributed by atoms with van der Waals surface area (Å²) in [6.07, 6.45) is 1.98. The van der Waals surface area contributed by atoms with Crippen molar-refractivity contribution in [1.82, 2.24) is 0 Å². The number of nitro benzene ring substituents is 1. The van der Waals surface area contributed by atoms with E-state index in [1.54, 1.807) is 6.07 Å². The van der Waals surface area contributed by atoms with Gasteiger partial charge in [0, 0.05) is 29.6 Å². The molecule has 1 aliphatic carbocycles. The maximum Gasteiger partial charge on any atom is 0.387 e. The van der Waals surface area contributed by atoms with Crippen LogP contribution in [0.25, 0.3) is 0 Å². The van der Waals surface area contributed by atoms with E-state index in [1.807, 2.05) is 6.07 Å². The average molecular weight is 439 g/mol. The van der Waals surface area contributed by atoms with E-state index in [2.05, 4.69) is 17.0 Å². The lowest BCUT2D eigenvalue weighted by molar-refractivity contribution is -0.384. The molecule has 0 radical (unpaired) electrons. The molecule has 1 aliphatic rings. The predicted octanol–water partition coefficient (Wildman–Crippen LogP) is 5.48. The molecule has 3 atom stereocenters. The molecule has 2 aromatic rings. The second kappa shape index (κ2) is 9.38. The molecule has 6 nitrogen and oxygen atoms in total. The number of benzene rings is 2. The van der Waals surface area contributed by atoms with Crippen LogP contribution in [-0.4, -0.2) is 17.8 Å². The first-order chi connectivity index (χ1) is 14.3. The average Bonchev–Trinajstić information content (AvgIpc) is 3.28. The highest BCUT2D eigenvalue weighted by molar-refractivity contribution is 6.31. The summed E-state index contributed by atoms with van der Waals surface area (Å²) in [6, 6.07) is 9.01. The van der Waals surface area contributed by atoms with Crippen LogP contribution in [-0.2, 0) is 17.8 Å². The van der Waals surface area contributed by atoms with Gasteiger partial charge >= 0.3 is 6.61 Å². The molecule has 3 rings (SSSR count). The molecule has 0 spiro atoms. The molecule has 0 heterocycles. The SMILES string of the molecule is C[C@@H]1[C@@H](Cc2cccc(OC(F)F)c2CNc2cc(Cl)ccc2[N+](=O)[O-])[C@H]1CC=O. The molecule has 0 unspecified atom stereocenters. The lowest BCUT2D eigenvalue weighted by atomic mass is 9.99. The Kier molecular flexibility index (Phi) is 6.87. The second-order valence-electron chi connectivity index (χ2n) is 7.34. The number of alkyl halides is 2. The fourth-order valence-electron chi connectivity index (χ4n) is 3.93. The van der Waals surface area contributed by atoms with Gasteiger partial charge in [0.2, 0.25) is 0 Å². The largest absolute Gasteiger partial charge is 0.434 e. The van der Waals surface area contributed by atoms with Gasteiger partial charge in [0.1, 0.15) is 17.7 Å². The van der Waals surface area contributed by atoms with Crippen molar-refractivity contribution < 1.29 is 23.2 Å². The standard InChI is InChI=1S/C21H21ClF2N2O4/c1-12-15(7-8-27)16(12)9-13-3-2-4-20(30-21(23)24)17(13)11-25-18-10-14(22)5-6-19(18)26(28)29/h2-6,8,10,12,15-16,21,25H,7,9,11H2,1H3/t12-,15-,16+/m0/s1. The van der Waals surface area contributed by atoms with Crippen LogP contribution in [0.5, 0.6) is 5.75 Å². The first-order valence-electron chi connectivity index (χ1n) is 9.48. The second-order valence-corrected chi connectivity index (χ2v) is 7.77. The minimum atomic E-state index is -3.00. The summed E-state index contributed by atoms with van der Waals surface area (Å²) in [5.41, 5.74) is 1.31. The zero-order valence-electron chi connectivity index (χ0n) is 16.2. The van der Waals surface area contributed by atoms with E-state index in [4.69, 9.17) is 11.6 Å². The van der Waals surface area contributed by atoms with Crippen molar-refractivity contribution in [2.24, 2.45) is 17.8 Å². The third kappa shape index (κ3) is 5.05. The van der Waals surface area contributed by atoms with Crippen molar-refractivity contribution in [3.05, 3.63) is 62.7 Å². The molecule has 160 valence electrons. The number of carbonyl (C=O) groups is 1. The lowest BCUT2D eigenvalue weighted by Crippen LogP contribution is -2.11. The summed E-state index contributed by atoms with van der Waals surface area (Å²) >= 11 is 5.96. The van der Waals surface area contributed by atoms with Crippen LogP contribution >= 0.6 is 11.6 Å². The molecule has 30 heavy (non-hydrogen) atoms. The number of anilines is 1. The number of ether oxygens (including phenoxy) is 1. The molecule has 2 aromatic carbocycles. The fourth-order valence-corrected chi connectivity index (χ4v) is 4.10. The minimum absolute atomic E-state index is 0.0138. The monoisotopic (exact) mass is 438 g/mol. The van der Waals surface area contributed by atoms with E-state index in [-0.39, 0.29) is 35.5 Å². The van der Waals surface area contributed by atoms with Crippen LogP contribution in [0.2, 0.25) is 5.02 Å². The number of rotatable bonds is 10. The lowest BCUT2D eigenvalue weighted by Gasteiger charge is -2.17. The van der Waals surface area contributed by atoms with Gasteiger partial charge in [0.25, 0.3) is 5.69 Å². The van der Waals surface area contributed by atoms with Crippen molar-refractivity contribution in [1.29, 1.82) is 0 Å². The van der Waals surface area contributed by atoms with Crippen LogP contribution in [0.1, 0.15) is 24.5 Å². The molecular weight excluding hydrogens is 418 g/mol. The first kappa shape index (κ1) is 22.0. The normalized spacial score (nSPS) is 20.1. The molecule has 0 bridgehead atoms. The Balaban J connectivity index is 1.87. The summed E-state index contributed by atoms with van der Waals surface area (Å²) < 4.78 is 30.5. The van der Waals surface area contributed by atoms with E-state index in [0.29, 0.717) is 29.3 Å². The number of nitro groups is 1. The van der Waals surface area contributed by atoms with Gasteiger partial charge in [-0.1, -0.05) is 30.7 Å². The molecule has 1 fully saturated rings. The van der Waals surface area contributed by atoms with Gasteiger partial charge in [0.15, 0.2) is 0 Å². The van der Waals surface area contributed by atoms with Gasteiger partial charge in [-0.25, -0.2) is 0 Å². The van der Waals surface area contributed by atoms with Crippen molar-refractivity contribution in [2.45, 2.75) is 32.9 Å². The van der Waals surface area contributed by atoms with Crippen molar-refractivity contribution in [3.63, 3.8) is 0 Å². The molecule has 0 saturated heterocycles. The number of hydrogen-bond acceptors (Lipinski definition) is 5. The molecular formula is C21H21ClF2N2O4. The Morgan fingerprint density at radius 1 is 1.30 bits per heavy atom. The highest BCUT2D eigenvalue weighted by Crippen LogP contribution is 2.50. The molecule has 1 saturated carbocycles. The van der Waals surface area contributed by atoms with Crippen LogP contribution in [0, 0.1) is 27.9 Å². The summed E-state index contributed by atoms with van der Waals surface area (Å²) in [7, 11) is 0. The first-order valence-corrected chi connectivity index (χ1v) is 9.86. The van der Waals surface area contributed by atoms with Gasteiger partial charge in [-0.05, 0) is 47.9 Å². The molecule has 1 N–H and O–H groups in total. The number of halogens is 3. The Bertz CT molecular complexity index is 941. The minimum Gasteiger partial charge on any atom is -0.434 e. The van der Waals surface area contributed by atoms with E-state index < -0.39 is 11.5 Å². The van der Waals surface area contributed by atoms with E-state index in [0.717, 1.165) is 11.8 Å². The Labute approximate surface area is 177 Å². The molecule has 0 aliphatic heterocycles. The number of nitrogens with zero attached hydrogens (tertiary/aromatic N) is 1. The summed E-state index contributed by atoms with van der Waals surface area (Å²) in [4.78, 5) is 21.6. The van der Waals surface area contributed by atoms with Crippen LogP contribution in [0.3, 0.4) is 0 Å². The van der Waals surface area contributed by atoms with Crippen molar-refractivity contribution in [3.8, 4) is 5.75 Å². The number of carbonyl (C=O) groups excluding carboxylic acids is 1. The zero-order valence-corrected chi connectivity index (χ0v) is 16.9. The Morgan fingerprint density at radius 2 is 2.07 bits per heavy atom. The Hall–Kier alpha value is -2.74. The van der Waals surface area contributed by atoms with E-state index in [1.165, 1.54) is 24.3 Å². The molecule has 0 aromatic heterocycles. The third-order valence-corrected chi connectivity index (χ3v) is 5.88. The maximum absolute atomic E-state index is 12.9. The highest BCUT2D eigenvalue weighted by atomic mass is 35.5. The maximum atomic E-state index is 12.9. The summed E-state index contributed by atoms with van der Waals surface area (Å²) in [5.74, 6) is 0.929. The number of aldehydes is 1. The predicted molar refractivity (Wildman–Crippen MR) is 109 cm³/mol. The summed E-state index contributed by atoms with van der Waals surface area (Å²) in [5, 5.41) is 14.5. The highest BCUT2D eigenvalue weighted by Gasteiger charge is 2.45. The molecule has 9 heteroatoms. The molecule has 0 amide bonds. The topological polar surface area (TPSA) is 81.5 Å². The number of hydrogen-bond donors (Lipinski definition) is 1. The van der Waals surface area contributed by atoms with Crippen LogP contribution < -0.4 is 10.1 Å². The third-order valence-electron chi connectivity index (χ3n) is 5.64. The summed E-state index contributed by atoms with van der Waals surface area (Å²) in [6.45, 7) is -0.896. The van der Waals surface area contributed by atoms with Gasteiger partial charge in [-0.3, -0.25) is 10.1 Å². The van der Waals surface area contributed by atoms with Crippen LogP contribution in [0.15, 0.2) is 36.4 Å². The van der Waals surface area contributed by atoms with Gasteiger partial charge in [0.05, 0.1) is 4.92 Å². The van der Waals surface area contributed by atoms with E-state index >= 15 is 0 Å². The van der Waals surface area contributed by atoms with Gasteiger partial charge in [-0.2, -0.15) is 8.78 Å². The fraction of sp³-hybridized carbons (Fsp3) is 0.381. The smallest absolute Gasteiger partial charge is 0.387 e. The van der Waals surface area contributed by atoms with Gasteiger partial charge < -0.3 is 14.8 Å². The quantitative estimate of drug-likeness (QED) is 0.302. The van der Waals surface area contributed by atoms with Crippen molar-refractivity contribution >= 4 is 29.3 Å². The van der Waals surface area contributed by atoms with E-state index in [9.17, 15) is 23.7 Å². The zero-order chi connectivity index (χ0) is 21.8. The number of nitrogens with one attached hydrogen (secondary N) is 1. The van der Waals surface area contributed by atoms with Gasteiger partial charge in [-0.15, -0.1) is 0 Å². The van der Waals surface area contributed by atoms with Crippen molar-refractivity contribution in [2.75, 3.05) is 5.32 Å².